The number of aryl methyl sites for hydroxylation is 1. The maximum Gasteiger partial charge on any atom is 0.274 e. The van der Waals surface area contributed by atoms with Crippen LogP contribution in [0.4, 0.5) is 5.69 Å². The maximum atomic E-state index is 12.7. The molecule has 0 saturated carbocycles. The average molecular weight is 351 g/mol. The first-order valence-electron chi connectivity index (χ1n) is 9.34. The summed E-state index contributed by atoms with van der Waals surface area (Å²) in [6.45, 7) is 3.57. The lowest BCUT2D eigenvalue weighted by Crippen LogP contribution is -2.32. The van der Waals surface area contributed by atoms with Gasteiger partial charge in [0.25, 0.3) is 11.8 Å². The molecule has 136 valence electrons. The Hall–Kier alpha value is -2.69. The predicted molar refractivity (Wildman–Crippen MR) is 102 cm³/mol. The first-order valence-corrected chi connectivity index (χ1v) is 9.34. The van der Waals surface area contributed by atoms with E-state index in [2.05, 4.69) is 10.3 Å². The molecule has 2 aromatic rings. The fourth-order valence-corrected chi connectivity index (χ4v) is 3.25. The molecular formula is C21H25N3O2. The fraction of sp³-hybridized carbons (Fsp3) is 0.381. The molecule has 3 rings (SSSR count). The second kappa shape index (κ2) is 8.61. The molecule has 5 nitrogen and oxygen atoms in total. The van der Waals surface area contributed by atoms with Gasteiger partial charge in [-0.3, -0.25) is 9.59 Å². The molecule has 1 aliphatic heterocycles. The van der Waals surface area contributed by atoms with Gasteiger partial charge in [0.05, 0.1) is 0 Å². The van der Waals surface area contributed by atoms with E-state index in [4.69, 9.17) is 0 Å². The summed E-state index contributed by atoms with van der Waals surface area (Å²) in [6.07, 6.45) is 5.21. The molecule has 1 saturated heterocycles. The second-order valence-corrected chi connectivity index (χ2v) is 6.58. The van der Waals surface area contributed by atoms with Gasteiger partial charge in [-0.05, 0) is 43.0 Å². The summed E-state index contributed by atoms with van der Waals surface area (Å²) < 4.78 is 0. The zero-order valence-electron chi connectivity index (χ0n) is 15.2. The number of anilines is 1. The number of nitrogens with one attached hydrogen (secondary N) is 1. The number of pyridine rings is 1. The number of aromatic nitrogens is 1. The summed E-state index contributed by atoms with van der Waals surface area (Å²) in [5.41, 5.74) is 2.45. The zero-order valence-corrected chi connectivity index (χ0v) is 15.2. The van der Waals surface area contributed by atoms with E-state index in [0.717, 1.165) is 56.4 Å². The van der Waals surface area contributed by atoms with Crippen molar-refractivity contribution < 1.29 is 9.59 Å². The Morgan fingerprint density at radius 1 is 0.962 bits per heavy atom. The van der Waals surface area contributed by atoms with Crippen molar-refractivity contribution in [2.24, 2.45) is 0 Å². The molecule has 1 fully saturated rings. The zero-order chi connectivity index (χ0) is 18.4. The Bertz CT molecular complexity index is 780. The quantitative estimate of drug-likeness (QED) is 0.908. The summed E-state index contributed by atoms with van der Waals surface area (Å²) in [4.78, 5) is 31.5. The first-order chi connectivity index (χ1) is 12.7. The van der Waals surface area contributed by atoms with Crippen LogP contribution < -0.4 is 5.32 Å². The SMILES string of the molecule is CCc1ccccc1NC(=O)c1cccc(C(=O)N2CCCCCC2)n1. The smallest absolute Gasteiger partial charge is 0.274 e. The van der Waals surface area contributed by atoms with E-state index in [0.29, 0.717) is 5.69 Å². The number of hydrogen-bond donors (Lipinski definition) is 1. The number of likely N-dealkylation sites (tertiary alicyclic amines) is 1. The van der Waals surface area contributed by atoms with Gasteiger partial charge in [-0.1, -0.05) is 44.0 Å². The van der Waals surface area contributed by atoms with Gasteiger partial charge in [-0.2, -0.15) is 0 Å². The monoisotopic (exact) mass is 351 g/mol. The molecule has 0 atom stereocenters. The number of benzene rings is 1. The number of rotatable bonds is 4. The predicted octanol–water partition coefficient (Wildman–Crippen LogP) is 3.91. The molecule has 0 aliphatic carbocycles. The highest BCUT2D eigenvalue weighted by Gasteiger charge is 2.20. The van der Waals surface area contributed by atoms with Gasteiger partial charge in [0.1, 0.15) is 11.4 Å². The van der Waals surface area contributed by atoms with Gasteiger partial charge in [0.2, 0.25) is 0 Å². The van der Waals surface area contributed by atoms with Gasteiger partial charge in [0, 0.05) is 18.8 Å². The van der Waals surface area contributed by atoms with E-state index >= 15 is 0 Å². The summed E-state index contributed by atoms with van der Waals surface area (Å²) in [5, 5.41) is 2.91. The molecule has 1 aromatic carbocycles. The van der Waals surface area contributed by atoms with Gasteiger partial charge in [-0.25, -0.2) is 4.98 Å². The summed E-state index contributed by atoms with van der Waals surface area (Å²) in [7, 11) is 0. The third kappa shape index (κ3) is 4.28. The number of hydrogen-bond acceptors (Lipinski definition) is 3. The molecule has 26 heavy (non-hydrogen) atoms. The highest BCUT2D eigenvalue weighted by atomic mass is 16.2. The van der Waals surface area contributed by atoms with Gasteiger partial charge in [-0.15, -0.1) is 0 Å². The molecule has 5 heteroatoms. The summed E-state index contributed by atoms with van der Waals surface area (Å²) in [6, 6.07) is 12.8. The fourth-order valence-electron chi connectivity index (χ4n) is 3.25. The number of nitrogens with zero attached hydrogens (tertiary/aromatic N) is 2. The molecule has 2 heterocycles. The van der Waals surface area contributed by atoms with Crippen LogP contribution >= 0.6 is 0 Å². The molecular weight excluding hydrogens is 326 g/mol. The van der Waals surface area contributed by atoms with Crippen molar-refractivity contribution in [3.05, 3.63) is 59.4 Å². The lowest BCUT2D eigenvalue weighted by molar-refractivity contribution is 0.0755. The van der Waals surface area contributed by atoms with Crippen molar-refractivity contribution in [2.45, 2.75) is 39.0 Å². The molecule has 0 radical (unpaired) electrons. The molecule has 0 bridgehead atoms. The third-order valence-corrected chi connectivity index (χ3v) is 4.74. The van der Waals surface area contributed by atoms with Crippen molar-refractivity contribution in [1.82, 2.24) is 9.88 Å². The Labute approximate surface area is 154 Å². The van der Waals surface area contributed by atoms with Crippen LogP contribution in [-0.4, -0.2) is 34.8 Å². The second-order valence-electron chi connectivity index (χ2n) is 6.58. The summed E-state index contributed by atoms with van der Waals surface area (Å²) in [5.74, 6) is -0.382. The molecule has 2 amide bonds. The van der Waals surface area contributed by atoms with Crippen LogP contribution in [0.25, 0.3) is 0 Å². The van der Waals surface area contributed by atoms with Gasteiger partial charge in [0.15, 0.2) is 0 Å². The number of carbonyl (C=O) groups excluding carboxylic acids is 2. The van der Waals surface area contributed by atoms with Gasteiger partial charge >= 0.3 is 0 Å². The first kappa shape index (κ1) is 18.1. The Morgan fingerprint density at radius 2 is 1.65 bits per heavy atom. The van der Waals surface area contributed by atoms with E-state index in [1.54, 1.807) is 18.2 Å². The minimum atomic E-state index is -0.295. The third-order valence-electron chi connectivity index (χ3n) is 4.74. The molecule has 1 N–H and O–H groups in total. The van der Waals surface area contributed by atoms with Crippen molar-refractivity contribution in [3.8, 4) is 0 Å². The number of para-hydroxylation sites is 1. The lowest BCUT2D eigenvalue weighted by atomic mass is 10.1. The lowest BCUT2D eigenvalue weighted by Gasteiger charge is -2.19. The van der Waals surface area contributed by atoms with Crippen LogP contribution in [0.5, 0.6) is 0 Å². The number of amides is 2. The van der Waals surface area contributed by atoms with Crippen molar-refractivity contribution in [1.29, 1.82) is 0 Å². The largest absolute Gasteiger partial charge is 0.337 e. The molecule has 1 aromatic heterocycles. The van der Waals surface area contributed by atoms with Crippen LogP contribution in [0.3, 0.4) is 0 Å². The van der Waals surface area contributed by atoms with E-state index in [-0.39, 0.29) is 17.5 Å². The van der Waals surface area contributed by atoms with Crippen LogP contribution in [0.2, 0.25) is 0 Å². The Kier molecular flexibility index (Phi) is 6.00. The highest BCUT2D eigenvalue weighted by molar-refractivity contribution is 6.04. The Balaban J connectivity index is 1.75. The van der Waals surface area contributed by atoms with Crippen LogP contribution in [0.1, 0.15) is 59.1 Å². The standard InChI is InChI=1S/C21H25N3O2/c1-2-16-10-5-6-11-17(16)23-20(25)18-12-9-13-19(22-18)21(26)24-14-7-3-4-8-15-24/h5-6,9-13H,2-4,7-8,14-15H2,1H3,(H,23,25). The van der Waals surface area contributed by atoms with E-state index in [1.807, 2.05) is 36.1 Å². The minimum absolute atomic E-state index is 0.0875. The van der Waals surface area contributed by atoms with Crippen LogP contribution in [-0.2, 0) is 6.42 Å². The highest BCUT2D eigenvalue weighted by Crippen LogP contribution is 2.17. The van der Waals surface area contributed by atoms with E-state index in [9.17, 15) is 9.59 Å². The Morgan fingerprint density at radius 3 is 2.38 bits per heavy atom. The normalized spacial score (nSPS) is 14.6. The van der Waals surface area contributed by atoms with Gasteiger partial charge < -0.3 is 10.2 Å². The van der Waals surface area contributed by atoms with Crippen molar-refractivity contribution >= 4 is 17.5 Å². The topological polar surface area (TPSA) is 62.3 Å². The maximum absolute atomic E-state index is 12.7. The summed E-state index contributed by atoms with van der Waals surface area (Å²) >= 11 is 0. The van der Waals surface area contributed by atoms with Crippen LogP contribution in [0.15, 0.2) is 42.5 Å². The van der Waals surface area contributed by atoms with E-state index in [1.165, 1.54) is 0 Å². The molecule has 0 spiro atoms. The average Bonchev–Trinajstić information content (AvgIpc) is 2.97. The number of carbonyl (C=O) groups is 2. The molecule has 0 unspecified atom stereocenters. The van der Waals surface area contributed by atoms with Crippen molar-refractivity contribution in [3.63, 3.8) is 0 Å². The van der Waals surface area contributed by atoms with Crippen LogP contribution in [0, 0.1) is 0 Å². The van der Waals surface area contributed by atoms with E-state index < -0.39 is 0 Å². The minimum Gasteiger partial charge on any atom is -0.337 e. The molecule has 1 aliphatic rings. The van der Waals surface area contributed by atoms with Crippen molar-refractivity contribution in [2.75, 3.05) is 18.4 Å².